The van der Waals surface area contributed by atoms with E-state index in [9.17, 15) is 0 Å². The van der Waals surface area contributed by atoms with Crippen LogP contribution in [0, 0.1) is 0 Å². The zero-order chi connectivity index (χ0) is 50.6. The van der Waals surface area contributed by atoms with Gasteiger partial charge < -0.3 is 18.3 Å². The molecule has 77 heavy (non-hydrogen) atoms. The van der Waals surface area contributed by atoms with E-state index in [1.165, 1.54) is 103 Å². The molecule has 0 aliphatic rings. The lowest BCUT2D eigenvalue weighted by Crippen LogP contribution is -2.75. The molecule has 4 aromatic heterocycles. The van der Waals surface area contributed by atoms with E-state index >= 15 is 0 Å². The number of nitrogens with zero attached hydrogens (tertiary/aromatic N) is 4. The van der Waals surface area contributed by atoms with Crippen LogP contribution in [-0.2, 0) is 0 Å². The summed E-state index contributed by atoms with van der Waals surface area (Å²) in [6, 6.07) is 109. The fourth-order valence-electron chi connectivity index (χ4n) is 13.4. The molecule has 0 amide bonds. The van der Waals surface area contributed by atoms with Gasteiger partial charge in [0.15, 0.2) is 8.07 Å². The second kappa shape index (κ2) is 17.0. The number of para-hydroxylation sites is 7. The second-order valence-electron chi connectivity index (χ2n) is 20.4. The fraction of sp³-hybridized carbons (Fsp3) is 0. The van der Waals surface area contributed by atoms with Crippen LogP contribution in [-0.4, -0.2) is 26.3 Å². The molecule has 360 valence electrons. The SMILES string of the molecule is c1ccc([Si](c2ccccc2)(c2ccccc2)c2cccc(-n3c4ccccc4c4ccccc43)c2-n2c3ccccc3c3cc(-n4c5ccccc5c5cc(-n6c7ccccc7c7ccccc76)ccc54)ccc32)cc1. The fourth-order valence-corrected chi connectivity index (χ4v) is 18.3. The third-order valence-electron chi connectivity index (χ3n) is 16.5. The molecule has 0 spiro atoms. The number of hydrogen-bond donors (Lipinski definition) is 0. The lowest BCUT2D eigenvalue weighted by Gasteiger charge is -2.37. The summed E-state index contributed by atoms with van der Waals surface area (Å²) in [7, 11) is -3.17. The summed E-state index contributed by atoms with van der Waals surface area (Å²) in [5.41, 5.74) is 14.0. The zero-order valence-electron chi connectivity index (χ0n) is 42.0. The van der Waals surface area contributed by atoms with E-state index in [4.69, 9.17) is 0 Å². The van der Waals surface area contributed by atoms with Gasteiger partial charge >= 0.3 is 0 Å². The van der Waals surface area contributed by atoms with Gasteiger partial charge in [-0.3, -0.25) is 0 Å². The maximum Gasteiger partial charge on any atom is 0.181 e. The Balaban J connectivity index is 1.01. The van der Waals surface area contributed by atoms with E-state index in [0.29, 0.717) is 0 Å². The molecule has 0 saturated heterocycles. The predicted molar refractivity (Wildman–Crippen MR) is 327 cm³/mol. The highest BCUT2D eigenvalue weighted by atomic mass is 28.3. The summed E-state index contributed by atoms with van der Waals surface area (Å²) in [5.74, 6) is 0. The summed E-state index contributed by atoms with van der Waals surface area (Å²) in [6.07, 6.45) is 0. The van der Waals surface area contributed by atoms with Crippen molar-refractivity contribution in [1.29, 1.82) is 0 Å². The Hall–Kier alpha value is -9.94. The molecular weight excluding hydrogens is 949 g/mol. The molecule has 0 radical (unpaired) electrons. The first-order valence-corrected chi connectivity index (χ1v) is 28.6. The Bertz CT molecular complexity index is 4780. The van der Waals surface area contributed by atoms with E-state index in [1.54, 1.807) is 0 Å². The molecule has 5 heteroatoms. The van der Waals surface area contributed by atoms with Crippen LogP contribution in [0.3, 0.4) is 0 Å². The lowest BCUT2D eigenvalue weighted by atomic mass is 10.1. The molecular formula is C72H48N4Si. The maximum atomic E-state index is 2.61. The Morgan fingerprint density at radius 1 is 0.208 bits per heavy atom. The van der Waals surface area contributed by atoms with Crippen molar-refractivity contribution in [3.05, 3.63) is 291 Å². The number of benzene rings is 12. The molecule has 0 fully saturated rings. The van der Waals surface area contributed by atoms with E-state index in [1.807, 2.05) is 0 Å². The third-order valence-corrected chi connectivity index (χ3v) is 21.3. The van der Waals surface area contributed by atoms with Crippen LogP contribution in [0.15, 0.2) is 291 Å². The molecule has 0 N–H and O–H groups in total. The average Bonchev–Trinajstić information content (AvgIpc) is 4.45. The molecule has 4 heterocycles. The second-order valence-corrected chi connectivity index (χ2v) is 24.1. The van der Waals surface area contributed by atoms with Crippen molar-refractivity contribution < 1.29 is 0 Å². The molecule has 12 aromatic carbocycles. The molecule has 4 nitrogen and oxygen atoms in total. The summed E-state index contributed by atoms with van der Waals surface area (Å²) in [6.45, 7) is 0. The van der Waals surface area contributed by atoms with Crippen molar-refractivity contribution in [3.8, 4) is 22.7 Å². The third kappa shape index (κ3) is 6.26. The molecule has 0 atom stereocenters. The first kappa shape index (κ1) is 43.5. The van der Waals surface area contributed by atoms with Crippen molar-refractivity contribution in [2.24, 2.45) is 0 Å². The van der Waals surface area contributed by atoms with Gasteiger partial charge in [-0.05, 0) is 99.6 Å². The highest BCUT2D eigenvalue weighted by Crippen LogP contribution is 2.42. The Morgan fingerprint density at radius 2 is 0.506 bits per heavy atom. The lowest BCUT2D eigenvalue weighted by molar-refractivity contribution is 1.10. The molecule has 0 aliphatic heterocycles. The summed E-state index contributed by atoms with van der Waals surface area (Å²) in [5, 5.41) is 15.1. The van der Waals surface area contributed by atoms with Crippen molar-refractivity contribution in [2.75, 3.05) is 0 Å². The van der Waals surface area contributed by atoms with Crippen LogP contribution >= 0.6 is 0 Å². The standard InChI is InChI=1S/C72H48N4Si/c1-4-23-51(24-5-1)77(52-25-6-2-7-26-52,53-27-8-3-9-28-53)71-42-22-41-70(75-65-38-19-12-31-56(65)57-32-13-20-39-66(57)75)72(71)76-67-40-21-15-34-59(67)61-48-50(44-46-69(61)76)74-64-37-18-14-33-58(64)60-47-49(43-45-68(60)74)73-62-35-16-10-29-54(62)55-30-11-17-36-63(55)73/h1-48H. The Kier molecular flexibility index (Phi) is 9.62. The highest BCUT2D eigenvalue weighted by Gasteiger charge is 2.44. The van der Waals surface area contributed by atoms with Gasteiger partial charge in [-0.1, -0.05) is 212 Å². The van der Waals surface area contributed by atoms with Gasteiger partial charge in [0.1, 0.15) is 0 Å². The topological polar surface area (TPSA) is 19.7 Å². The van der Waals surface area contributed by atoms with Gasteiger partial charge in [-0.2, -0.15) is 0 Å². The molecule has 0 unspecified atom stereocenters. The van der Waals surface area contributed by atoms with Gasteiger partial charge in [0.25, 0.3) is 0 Å². The van der Waals surface area contributed by atoms with E-state index < -0.39 is 8.07 Å². The van der Waals surface area contributed by atoms with E-state index in [-0.39, 0.29) is 0 Å². The van der Waals surface area contributed by atoms with Crippen molar-refractivity contribution >= 4 is 116 Å². The Labute approximate surface area is 445 Å². The maximum absolute atomic E-state index is 3.17. The van der Waals surface area contributed by atoms with Gasteiger partial charge in [0, 0.05) is 54.5 Å². The molecule has 0 bridgehead atoms. The van der Waals surface area contributed by atoms with Crippen LogP contribution in [0.5, 0.6) is 0 Å². The van der Waals surface area contributed by atoms with Crippen LogP contribution in [0.4, 0.5) is 0 Å². The summed E-state index contributed by atoms with van der Waals surface area (Å²) in [4.78, 5) is 0. The van der Waals surface area contributed by atoms with Gasteiger partial charge in [-0.25, -0.2) is 0 Å². The monoisotopic (exact) mass is 996 g/mol. The minimum atomic E-state index is -3.17. The predicted octanol–water partition coefficient (Wildman–Crippen LogP) is 15.5. The van der Waals surface area contributed by atoms with E-state index in [2.05, 4.69) is 309 Å². The van der Waals surface area contributed by atoms with Crippen molar-refractivity contribution in [1.82, 2.24) is 18.3 Å². The molecule has 16 rings (SSSR count). The highest BCUT2D eigenvalue weighted by molar-refractivity contribution is 7.20. The number of hydrogen-bond acceptors (Lipinski definition) is 0. The zero-order valence-corrected chi connectivity index (χ0v) is 43.0. The number of aromatic nitrogens is 4. The van der Waals surface area contributed by atoms with Crippen molar-refractivity contribution in [3.63, 3.8) is 0 Å². The number of fused-ring (bicyclic) bond motifs is 12. The minimum absolute atomic E-state index is 1.12. The largest absolute Gasteiger partial charge is 0.309 e. The Morgan fingerprint density at radius 3 is 0.896 bits per heavy atom. The normalized spacial score (nSPS) is 12.2. The molecule has 0 saturated carbocycles. The quantitative estimate of drug-likeness (QED) is 0.107. The van der Waals surface area contributed by atoms with Gasteiger partial charge in [0.05, 0.1) is 55.5 Å². The first-order chi connectivity index (χ1) is 38.3. The smallest absolute Gasteiger partial charge is 0.181 e. The summed E-state index contributed by atoms with van der Waals surface area (Å²) < 4.78 is 10.0. The molecule has 0 aliphatic carbocycles. The number of rotatable bonds is 8. The average molecular weight is 997 g/mol. The van der Waals surface area contributed by atoms with Crippen LogP contribution in [0.25, 0.3) is 110 Å². The van der Waals surface area contributed by atoms with Crippen LogP contribution < -0.4 is 20.7 Å². The van der Waals surface area contributed by atoms with Crippen molar-refractivity contribution in [2.45, 2.75) is 0 Å². The first-order valence-electron chi connectivity index (χ1n) is 26.6. The van der Waals surface area contributed by atoms with E-state index in [0.717, 1.165) is 28.1 Å². The van der Waals surface area contributed by atoms with Crippen LogP contribution in [0.2, 0.25) is 0 Å². The van der Waals surface area contributed by atoms with Gasteiger partial charge in [-0.15, -0.1) is 0 Å². The molecule has 16 aromatic rings. The summed E-state index contributed by atoms with van der Waals surface area (Å²) >= 11 is 0. The van der Waals surface area contributed by atoms with Gasteiger partial charge in [0.2, 0.25) is 0 Å². The van der Waals surface area contributed by atoms with Crippen LogP contribution in [0.1, 0.15) is 0 Å². The minimum Gasteiger partial charge on any atom is -0.309 e.